The molecule has 5 heteroatoms. The van der Waals surface area contributed by atoms with Gasteiger partial charge in [-0.15, -0.1) is 23.1 Å². The Morgan fingerprint density at radius 3 is 2.62 bits per heavy atom. The number of benzene rings is 1. The molecule has 0 atom stereocenters. The van der Waals surface area contributed by atoms with Gasteiger partial charge in [-0.2, -0.15) is 0 Å². The Morgan fingerprint density at radius 2 is 2.00 bits per heavy atom. The van der Waals surface area contributed by atoms with Crippen LogP contribution in [0.25, 0.3) is 0 Å². The predicted molar refractivity (Wildman–Crippen MR) is 93.1 cm³/mol. The maximum absolute atomic E-state index is 11.8. The van der Waals surface area contributed by atoms with Gasteiger partial charge in [-0.3, -0.25) is 4.79 Å². The third-order valence-electron chi connectivity index (χ3n) is 3.00. The number of carbonyl (C=O) groups excluding carboxylic acids is 1. The number of carbonyl (C=O) groups is 1. The van der Waals surface area contributed by atoms with E-state index in [1.165, 1.54) is 4.88 Å². The second-order valence-electron chi connectivity index (χ2n) is 4.91. The van der Waals surface area contributed by atoms with Crippen LogP contribution in [-0.4, -0.2) is 25.8 Å². The molecule has 0 fully saturated rings. The lowest BCUT2D eigenvalue weighted by Gasteiger charge is -2.12. The predicted octanol–water partition coefficient (Wildman–Crippen LogP) is 3.36. The van der Waals surface area contributed by atoms with E-state index in [0.29, 0.717) is 12.3 Å². The minimum atomic E-state index is 0.0910. The summed E-state index contributed by atoms with van der Waals surface area (Å²) in [6, 6.07) is 12.4. The summed E-state index contributed by atoms with van der Waals surface area (Å²) in [5.74, 6) is 1.50. The summed E-state index contributed by atoms with van der Waals surface area (Å²) in [5.41, 5.74) is 2.29. The Morgan fingerprint density at radius 1 is 1.24 bits per heavy atom. The summed E-state index contributed by atoms with van der Waals surface area (Å²) in [6.07, 6.45) is 0. The summed E-state index contributed by atoms with van der Waals surface area (Å²) in [7, 11) is 4.03. The quantitative estimate of drug-likeness (QED) is 0.849. The van der Waals surface area contributed by atoms with Crippen molar-refractivity contribution in [1.82, 2.24) is 5.32 Å². The van der Waals surface area contributed by atoms with Crippen LogP contribution in [0.2, 0.25) is 0 Å². The Labute approximate surface area is 134 Å². The van der Waals surface area contributed by atoms with Crippen molar-refractivity contribution in [3.05, 3.63) is 52.2 Å². The van der Waals surface area contributed by atoms with Gasteiger partial charge in [0.25, 0.3) is 0 Å². The zero-order valence-electron chi connectivity index (χ0n) is 12.3. The molecular formula is C16H20N2OS2. The second kappa shape index (κ2) is 8.10. The van der Waals surface area contributed by atoms with Crippen molar-refractivity contribution in [2.45, 2.75) is 12.3 Å². The average molecular weight is 320 g/mol. The van der Waals surface area contributed by atoms with Gasteiger partial charge in [0.05, 0.1) is 5.75 Å². The first-order chi connectivity index (χ1) is 10.1. The lowest BCUT2D eigenvalue weighted by atomic mass is 10.2. The van der Waals surface area contributed by atoms with Crippen LogP contribution in [0.4, 0.5) is 5.69 Å². The van der Waals surface area contributed by atoms with E-state index in [0.717, 1.165) is 17.0 Å². The molecule has 2 aromatic rings. The molecule has 0 aliphatic rings. The molecule has 21 heavy (non-hydrogen) atoms. The molecule has 0 saturated heterocycles. The van der Waals surface area contributed by atoms with Gasteiger partial charge in [-0.05, 0) is 29.1 Å². The molecule has 1 heterocycles. The monoisotopic (exact) mass is 320 g/mol. The Kier molecular flexibility index (Phi) is 6.14. The fraction of sp³-hybridized carbons (Fsp3) is 0.312. The van der Waals surface area contributed by atoms with Gasteiger partial charge in [0.2, 0.25) is 5.91 Å². The van der Waals surface area contributed by atoms with Crippen molar-refractivity contribution in [3.63, 3.8) is 0 Å². The van der Waals surface area contributed by atoms with E-state index >= 15 is 0 Å². The molecule has 2 rings (SSSR count). The van der Waals surface area contributed by atoms with E-state index in [1.54, 1.807) is 23.1 Å². The number of nitrogens with one attached hydrogen (secondary N) is 1. The number of rotatable bonds is 7. The standard InChI is InChI=1S/C16H20N2OS2/c1-18(2)14-7-5-13(6-8-14)10-17-16(19)12-20-11-15-4-3-9-21-15/h3-9H,10-12H2,1-2H3,(H,17,19). The maximum Gasteiger partial charge on any atom is 0.230 e. The fourth-order valence-electron chi connectivity index (χ4n) is 1.80. The van der Waals surface area contributed by atoms with Gasteiger partial charge in [-0.25, -0.2) is 0 Å². The van der Waals surface area contributed by atoms with Crippen LogP contribution in [0.5, 0.6) is 0 Å². The van der Waals surface area contributed by atoms with Crippen LogP contribution < -0.4 is 10.2 Å². The second-order valence-corrected chi connectivity index (χ2v) is 6.93. The lowest BCUT2D eigenvalue weighted by Crippen LogP contribution is -2.24. The number of amides is 1. The number of nitrogens with zero attached hydrogens (tertiary/aromatic N) is 1. The molecule has 0 unspecified atom stereocenters. The van der Waals surface area contributed by atoms with E-state index in [1.807, 2.05) is 20.2 Å². The third-order valence-corrected chi connectivity index (χ3v) is 5.04. The fourth-order valence-corrected chi connectivity index (χ4v) is 3.50. The van der Waals surface area contributed by atoms with Crippen molar-refractivity contribution in [2.24, 2.45) is 0 Å². The van der Waals surface area contributed by atoms with Gasteiger partial charge in [-0.1, -0.05) is 18.2 Å². The number of thioether (sulfide) groups is 1. The summed E-state index contributed by atoms with van der Waals surface area (Å²) >= 11 is 3.38. The van der Waals surface area contributed by atoms with Crippen molar-refractivity contribution in [2.75, 3.05) is 24.7 Å². The topological polar surface area (TPSA) is 32.3 Å². The molecule has 0 spiro atoms. The first-order valence-electron chi connectivity index (χ1n) is 6.78. The van der Waals surface area contributed by atoms with E-state index < -0.39 is 0 Å². The first kappa shape index (κ1) is 15.9. The highest BCUT2D eigenvalue weighted by molar-refractivity contribution is 7.99. The number of hydrogen-bond acceptors (Lipinski definition) is 4. The minimum Gasteiger partial charge on any atom is -0.378 e. The van der Waals surface area contributed by atoms with Gasteiger partial charge >= 0.3 is 0 Å². The molecule has 1 amide bonds. The molecule has 0 bridgehead atoms. The van der Waals surface area contributed by atoms with Gasteiger partial charge < -0.3 is 10.2 Å². The molecule has 1 N–H and O–H groups in total. The molecule has 0 saturated carbocycles. The van der Waals surface area contributed by atoms with Crippen LogP contribution in [0, 0.1) is 0 Å². The van der Waals surface area contributed by atoms with Gasteiger partial charge in [0, 0.05) is 37.0 Å². The summed E-state index contributed by atoms with van der Waals surface area (Å²) < 4.78 is 0. The van der Waals surface area contributed by atoms with Crippen molar-refractivity contribution in [3.8, 4) is 0 Å². The summed E-state index contributed by atoms with van der Waals surface area (Å²) in [6.45, 7) is 0.589. The Hall–Kier alpha value is -1.46. The largest absolute Gasteiger partial charge is 0.378 e. The molecule has 1 aromatic carbocycles. The summed E-state index contributed by atoms with van der Waals surface area (Å²) in [5, 5.41) is 5.02. The summed E-state index contributed by atoms with van der Waals surface area (Å²) in [4.78, 5) is 15.2. The lowest BCUT2D eigenvalue weighted by molar-refractivity contribution is -0.118. The Balaban J connectivity index is 1.68. The first-order valence-corrected chi connectivity index (χ1v) is 8.81. The van der Waals surface area contributed by atoms with E-state index in [9.17, 15) is 4.79 Å². The zero-order valence-corrected chi connectivity index (χ0v) is 14.0. The maximum atomic E-state index is 11.8. The van der Waals surface area contributed by atoms with Crippen LogP contribution in [0.3, 0.4) is 0 Å². The van der Waals surface area contributed by atoms with Crippen molar-refractivity contribution in [1.29, 1.82) is 0 Å². The minimum absolute atomic E-state index is 0.0910. The normalized spacial score (nSPS) is 10.4. The highest BCUT2D eigenvalue weighted by atomic mass is 32.2. The van der Waals surface area contributed by atoms with E-state index in [2.05, 4.69) is 45.9 Å². The van der Waals surface area contributed by atoms with Crippen LogP contribution in [-0.2, 0) is 17.1 Å². The van der Waals surface area contributed by atoms with Gasteiger partial charge in [0.1, 0.15) is 0 Å². The van der Waals surface area contributed by atoms with Crippen LogP contribution in [0.15, 0.2) is 41.8 Å². The van der Waals surface area contributed by atoms with Crippen molar-refractivity contribution >= 4 is 34.7 Å². The third kappa shape index (κ3) is 5.44. The highest BCUT2D eigenvalue weighted by Crippen LogP contribution is 2.16. The Bertz CT molecular complexity index is 550. The van der Waals surface area contributed by atoms with E-state index in [4.69, 9.17) is 0 Å². The molecule has 0 aliphatic carbocycles. The molecule has 0 radical (unpaired) electrons. The SMILES string of the molecule is CN(C)c1ccc(CNC(=O)CSCc2cccs2)cc1. The van der Waals surface area contributed by atoms with Crippen LogP contribution >= 0.6 is 23.1 Å². The van der Waals surface area contributed by atoms with E-state index in [-0.39, 0.29) is 5.91 Å². The van der Waals surface area contributed by atoms with Crippen LogP contribution in [0.1, 0.15) is 10.4 Å². The molecule has 0 aliphatic heterocycles. The number of thiophene rings is 1. The molecular weight excluding hydrogens is 300 g/mol. The average Bonchev–Trinajstić information content (AvgIpc) is 2.99. The number of anilines is 1. The molecule has 112 valence electrons. The van der Waals surface area contributed by atoms with Crippen molar-refractivity contribution < 1.29 is 4.79 Å². The molecule has 1 aromatic heterocycles. The highest BCUT2D eigenvalue weighted by Gasteiger charge is 2.03. The smallest absolute Gasteiger partial charge is 0.230 e. The number of hydrogen-bond donors (Lipinski definition) is 1. The molecule has 3 nitrogen and oxygen atoms in total. The zero-order chi connectivity index (χ0) is 15.1. The van der Waals surface area contributed by atoms with Gasteiger partial charge in [0.15, 0.2) is 0 Å².